The summed E-state index contributed by atoms with van der Waals surface area (Å²) >= 11 is 0. The maximum absolute atomic E-state index is 12.0. The lowest BCUT2D eigenvalue weighted by Gasteiger charge is -2.07. The highest BCUT2D eigenvalue weighted by molar-refractivity contribution is 6.13. The monoisotopic (exact) mass is 247 g/mol. The van der Waals surface area contributed by atoms with E-state index in [2.05, 4.69) is 4.98 Å². The van der Waals surface area contributed by atoms with E-state index in [1.807, 2.05) is 0 Å². The number of nitrogens with zero attached hydrogens (tertiary/aromatic N) is 1. The van der Waals surface area contributed by atoms with Crippen molar-refractivity contribution < 1.29 is 25.2 Å². The summed E-state index contributed by atoms with van der Waals surface area (Å²) in [4.78, 5) is 15.7. The number of ketones is 1. The van der Waals surface area contributed by atoms with Gasteiger partial charge in [0.05, 0.1) is 5.56 Å². The van der Waals surface area contributed by atoms with Gasteiger partial charge >= 0.3 is 0 Å². The Morgan fingerprint density at radius 1 is 1.00 bits per heavy atom. The minimum atomic E-state index is -0.796. The predicted molar refractivity (Wildman–Crippen MR) is 60.8 cm³/mol. The Labute approximate surface area is 101 Å². The molecule has 1 heterocycles. The number of phenols is 3. The van der Waals surface area contributed by atoms with Crippen LogP contribution in [0.2, 0.25) is 0 Å². The number of carbonyl (C=O) groups is 1. The molecule has 0 fully saturated rings. The molecule has 0 amide bonds. The van der Waals surface area contributed by atoms with Gasteiger partial charge in [0.15, 0.2) is 0 Å². The minimum absolute atomic E-state index is 0.159. The number of aromatic hydroxyl groups is 4. The van der Waals surface area contributed by atoms with Gasteiger partial charge in [-0.2, -0.15) is 0 Å². The molecule has 1 aromatic carbocycles. The molecule has 6 nitrogen and oxygen atoms in total. The fraction of sp³-hybridized carbons (Fsp3) is 0. The summed E-state index contributed by atoms with van der Waals surface area (Å²) in [6.07, 6.45) is 2.41. The molecular weight excluding hydrogens is 238 g/mol. The first kappa shape index (κ1) is 11.7. The van der Waals surface area contributed by atoms with Crippen molar-refractivity contribution in [3.8, 4) is 23.0 Å². The zero-order valence-corrected chi connectivity index (χ0v) is 9.03. The average molecular weight is 247 g/mol. The van der Waals surface area contributed by atoms with Crippen LogP contribution < -0.4 is 0 Å². The first-order valence-electron chi connectivity index (χ1n) is 4.93. The van der Waals surface area contributed by atoms with Crippen molar-refractivity contribution in [1.29, 1.82) is 0 Å². The van der Waals surface area contributed by atoms with Gasteiger partial charge in [-0.05, 0) is 6.07 Å². The lowest BCUT2D eigenvalue weighted by Crippen LogP contribution is -2.03. The number of hydrogen-bond donors (Lipinski definition) is 4. The van der Waals surface area contributed by atoms with Crippen LogP contribution in [0.1, 0.15) is 15.9 Å². The Balaban J connectivity index is 2.57. The number of carbonyl (C=O) groups excluding carboxylic acids is 1. The first-order valence-corrected chi connectivity index (χ1v) is 4.93. The third kappa shape index (κ3) is 1.91. The average Bonchev–Trinajstić information content (AvgIpc) is 2.27. The van der Waals surface area contributed by atoms with Crippen LogP contribution in [-0.4, -0.2) is 31.2 Å². The summed E-state index contributed by atoms with van der Waals surface area (Å²) in [5, 5.41) is 37.7. The SMILES string of the molecule is O=C(c1cnccc1O)c1c(O)cc(O)cc1O. The van der Waals surface area contributed by atoms with E-state index >= 15 is 0 Å². The van der Waals surface area contributed by atoms with Crippen LogP contribution in [0.4, 0.5) is 0 Å². The number of hydrogen-bond acceptors (Lipinski definition) is 6. The standard InChI is InChI=1S/C12H9NO5/c14-6-3-9(16)11(10(17)4-6)12(18)7-5-13-2-1-8(7)15/h1-5,14,16-17H,(H,13,15). The van der Waals surface area contributed by atoms with Gasteiger partial charge in [-0.25, -0.2) is 0 Å². The summed E-state index contributed by atoms with van der Waals surface area (Å²) in [7, 11) is 0. The van der Waals surface area contributed by atoms with E-state index in [0.29, 0.717) is 0 Å². The fourth-order valence-corrected chi connectivity index (χ4v) is 1.53. The second-order valence-electron chi connectivity index (χ2n) is 3.58. The fourth-order valence-electron chi connectivity index (χ4n) is 1.53. The first-order chi connectivity index (χ1) is 8.50. The van der Waals surface area contributed by atoms with Crippen LogP contribution in [0, 0.1) is 0 Å². The number of pyridine rings is 1. The van der Waals surface area contributed by atoms with Crippen LogP contribution in [0.3, 0.4) is 0 Å². The molecule has 0 saturated heterocycles. The van der Waals surface area contributed by atoms with E-state index < -0.39 is 22.8 Å². The van der Waals surface area contributed by atoms with Crippen molar-refractivity contribution in [3.63, 3.8) is 0 Å². The molecule has 18 heavy (non-hydrogen) atoms. The van der Waals surface area contributed by atoms with Gasteiger partial charge in [-0.15, -0.1) is 0 Å². The van der Waals surface area contributed by atoms with Crippen molar-refractivity contribution in [2.24, 2.45) is 0 Å². The van der Waals surface area contributed by atoms with Crippen molar-refractivity contribution in [2.45, 2.75) is 0 Å². The van der Waals surface area contributed by atoms with Crippen LogP contribution >= 0.6 is 0 Å². The smallest absolute Gasteiger partial charge is 0.205 e. The number of phenolic OH excluding ortho intramolecular Hbond substituents is 3. The zero-order chi connectivity index (χ0) is 13.3. The summed E-state index contributed by atoms with van der Waals surface area (Å²) in [6.45, 7) is 0. The molecule has 0 unspecified atom stereocenters. The predicted octanol–water partition coefficient (Wildman–Crippen LogP) is 1.14. The van der Waals surface area contributed by atoms with Gasteiger partial charge in [0.25, 0.3) is 0 Å². The second-order valence-corrected chi connectivity index (χ2v) is 3.58. The largest absolute Gasteiger partial charge is 0.508 e. The van der Waals surface area contributed by atoms with E-state index in [1.54, 1.807) is 0 Å². The highest BCUT2D eigenvalue weighted by Crippen LogP contribution is 2.34. The highest BCUT2D eigenvalue weighted by Gasteiger charge is 2.21. The van der Waals surface area contributed by atoms with Crippen LogP contribution in [0.25, 0.3) is 0 Å². The molecule has 0 radical (unpaired) electrons. The van der Waals surface area contributed by atoms with Crippen molar-refractivity contribution >= 4 is 5.78 Å². The topological polar surface area (TPSA) is 111 Å². The van der Waals surface area contributed by atoms with Gasteiger partial charge in [-0.1, -0.05) is 0 Å². The van der Waals surface area contributed by atoms with Crippen LogP contribution in [0.5, 0.6) is 23.0 Å². The van der Waals surface area contributed by atoms with Crippen molar-refractivity contribution in [2.75, 3.05) is 0 Å². The lowest BCUT2D eigenvalue weighted by molar-refractivity contribution is 0.103. The molecule has 1 aromatic heterocycles. The Kier molecular flexibility index (Phi) is 2.77. The normalized spacial score (nSPS) is 10.2. The Hall–Kier alpha value is -2.76. The van der Waals surface area contributed by atoms with Gasteiger partial charge < -0.3 is 20.4 Å². The number of benzene rings is 1. The van der Waals surface area contributed by atoms with Gasteiger partial charge in [0.1, 0.15) is 28.6 Å². The molecule has 0 aliphatic rings. The highest BCUT2D eigenvalue weighted by atomic mass is 16.3. The molecular formula is C12H9NO5. The third-order valence-electron chi connectivity index (χ3n) is 2.35. The van der Waals surface area contributed by atoms with Gasteiger partial charge in [0, 0.05) is 24.5 Å². The zero-order valence-electron chi connectivity index (χ0n) is 9.03. The molecule has 4 N–H and O–H groups in total. The molecule has 0 bridgehead atoms. The Morgan fingerprint density at radius 2 is 1.61 bits per heavy atom. The lowest BCUT2D eigenvalue weighted by atomic mass is 10.0. The third-order valence-corrected chi connectivity index (χ3v) is 2.35. The minimum Gasteiger partial charge on any atom is -0.508 e. The van der Waals surface area contributed by atoms with Crippen LogP contribution in [-0.2, 0) is 0 Å². The molecule has 92 valence electrons. The van der Waals surface area contributed by atoms with E-state index in [9.17, 15) is 20.1 Å². The molecule has 0 spiro atoms. The Morgan fingerprint density at radius 3 is 2.17 bits per heavy atom. The maximum atomic E-state index is 12.0. The molecule has 2 aromatic rings. The molecule has 0 atom stereocenters. The van der Waals surface area contributed by atoms with Crippen molar-refractivity contribution in [1.82, 2.24) is 4.98 Å². The van der Waals surface area contributed by atoms with E-state index in [-0.39, 0.29) is 17.1 Å². The van der Waals surface area contributed by atoms with Crippen molar-refractivity contribution in [3.05, 3.63) is 41.7 Å². The van der Waals surface area contributed by atoms with E-state index in [0.717, 1.165) is 18.3 Å². The summed E-state index contributed by atoms with van der Waals surface area (Å²) in [5.41, 5.74) is -0.565. The molecule has 2 rings (SSSR count). The maximum Gasteiger partial charge on any atom is 0.205 e. The number of aromatic nitrogens is 1. The van der Waals surface area contributed by atoms with Gasteiger partial charge in [-0.3, -0.25) is 9.78 Å². The Bertz CT molecular complexity index is 601. The van der Waals surface area contributed by atoms with Crippen LogP contribution in [0.15, 0.2) is 30.6 Å². The van der Waals surface area contributed by atoms with E-state index in [4.69, 9.17) is 5.11 Å². The number of rotatable bonds is 2. The van der Waals surface area contributed by atoms with Gasteiger partial charge in [0.2, 0.25) is 5.78 Å². The quantitative estimate of drug-likeness (QED) is 0.592. The van der Waals surface area contributed by atoms with E-state index in [1.165, 1.54) is 12.3 Å². The molecule has 0 aliphatic carbocycles. The summed E-state index contributed by atoms with van der Waals surface area (Å²) in [5.74, 6) is -2.66. The molecule has 0 saturated carbocycles. The second kappa shape index (κ2) is 4.25. The molecule has 0 aliphatic heterocycles. The summed E-state index contributed by atoms with van der Waals surface area (Å²) < 4.78 is 0. The molecule has 6 heteroatoms. The summed E-state index contributed by atoms with van der Waals surface area (Å²) in [6, 6.07) is 3.04.